The fourth-order valence-electron chi connectivity index (χ4n) is 10.3. The lowest BCUT2D eigenvalue weighted by molar-refractivity contribution is -0.172. The zero-order valence-electron chi connectivity index (χ0n) is 41.7. The Morgan fingerprint density at radius 1 is 1.00 bits per heavy atom. The Morgan fingerprint density at radius 2 is 1.77 bits per heavy atom. The summed E-state index contributed by atoms with van der Waals surface area (Å²) in [4.78, 5) is 110. The van der Waals surface area contributed by atoms with Crippen LogP contribution in [0.5, 0.6) is 0 Å². The molecule has 0 saturated carbocycles. The molecule has 6 N–H and O–H groups in total. The van der Waals surface area contributed by atoms with E-state index in [0.717, 1.165) is 5.56 Å². The summed E-state index contributed by atoms with van der Waals surface area (Å²) in [6, 6.07) is 5.49. The summed E-state index contributed by atoms with van der Waals surface area (Å²) < 4.78 is 28.0. The Balaban J connectivity index is 0.899. The molecule has 4 aliphatic rings. The van der Waals surface area contributed by atoms with E-state index in [1.807, 2.05) is 0 Å². The van der Waals surface area contributed by atoms with E-state index in [4.69, 9.17) is 14.5 Å². The number of fused-ring (bicyclic) bond motifs is 5. The molecule has 0 bridgehead atoms. The van der Waals surface area contributed by atoms with E-state index in [9.17, 15) is 43.5 Å². The number of halogens is 1. The first kappa shape index (κ1) is 52.6. The van der Waals surface area contributed by atoms with Gasteiger partial charge in [-0.1, -0.05) is 33.3 Å². The Labute approximate surface area is 426 Å². The maximum atomic E-state index is 15.4. The van der Waals surface area contributed by atoms with Crippen LogP contribution in [0.1, 0.15) is 123 Å². The fraction of sp³-hybridized carbons (Fsp3) is 0.481. The topological polar surface area (TPSA) is 256 Å². The summed E-state index contributed by atoms with van der Waals surface area (Å²) in [6.45, 7) is 8.65. The molecule has 1 saturated heterocycles. The normalized spacial score (nSPS) is 19.5. The summed E-state index contributed by atoms with van der Waals surface area (Å²) in [6.07, 6.45) is 1.89. The van der Waals surface area contributed by atoms with Crippen LogP contribution in [0.2, 0.25) is 0 Å². The van der Waals surface area contributed by atoms with Gasteiger partial charge >= 0.3 is 12.1 Å². The van der Waals surface area contributed by atoms with Gasteiger partial charge in [0.25, 0.3) is 5.56 Å². The summed E-state index contributed by atoms with van der Waals surface area (Å²) in [5.74, 6) is -3.52. The van der Waals surface area contributed by atoms with Crippen molar-refractivity contribution in [1.82, 2.24) is 35.7 Å². The lowest BCUT2D eigenvalue weighted by Gasteiger charge is -2.31. The van der Waals surface area contributed by atoms with Crippen molar-refractivity contribution in [1.29, 1.82) is 0 Å². The smallest absolute Gasteiger partial charge is 0.407 e. The number of carbonyl (C=O) groups excluding carboxylic acids is 7. The number of thiol groups is 1. The number of rotatable bonds is 18. The number of likely N-dealkylation sites (tertiary alicyclic amines) is 1. The number of anilines is 1. The summed E-state index contributed by atoms with van der Waals surface area (Å²) in [7, 11) is 1.74. The lowest BCUT2D eigenvalue weighted by Crippen LogP contribution is -2.53. The number of amides is 6. The molecule has 0 radical (unpaired) electrons. The second kappa shape index (κ2) is 21.4. The minimum atomic E-state index is -2.04. The molecule has 5 heterocycles. The summed E-state index contributed by atoms with van der Waals surface area (Å²) in [5.41, 5.74) is 3.20. The van der Waals surface area contributed by atoms with Gasteiger partial charge in [0, 0.05) is 54.2 Å². The predicted molar refractivity (Wildman–Crippen MR) is 268 cm³/mol. The Hall–Kier alpha value is -6.71. The molecule has 5 atom stereocenters. The second-order valence-corrected chi connectivity index (χ2v) is 20.2. The number of aryl methyl sites for hydroxylation is 1. The number of aliphatic hydroxyl groups is 1. The van der Waals surface area contributed by atoms with Gasteiger partial charge in [0.05, 0.1) is 40.3 Å². The van der Waals surface area contributed by atoms with Crippen LogP contribution in [0, 0.1) is 18.7 Å². The van der Waals surface area contributed by atoms with Crippen LogP contribution in [0.3, 0.4) is 0 Å². The van der Waals surface area contributed by atoms with E-state index in [2.05, 4.69) is 39.2 Å². The zero-order chi connectivity index (χ0) is 52.6. The van der Waals surface area contributed by atoms with Crippen LogP contribution in [0.4, 0.5) is 14.9 Å². The van der Waals surface area contributed by atoms with Gasteiger partial charge in [-0.05, 0) is 105 Å². The fourth-order valence-corrected chi connectivity index (χ4v) is 10.6. The molecule has 8 rings (SSSR count). The third kappa shape index (κ3) is 10.3. The Bertz CT molecular complexity index is 3020. The summed E-state index contributed by atoms with van der Waals surface area (Å²) >= 11 is 4.13. The number of pyridine rings is 2. The van der Waals surface area contributed by atoms with Gasteiger partial charge in [-0.15, -0.1) is 0 Å². The molecule has 1 unspecified atom stereocenters. The third-order valence-corrected chi connectivity index (χ3v) is 14.8. The molecular weight excluding hydrogens is 964 g/mol. The third-order valence-electron chi connectivity index (χ3n) is 14.4. The van der Waals surface area contributed by atoms with E-state index in [0.29, 0.717) is 94.4 Å². The monoisotopic (exact) mass is 1020 g/mol. The zero-order valence-corrected chi connectivity index (χ0v) is 42.6. The number of unbranched alkanes of at least 4 members (excludes halogenated alkanes) is 2. The van der Waals surface area contributed by atoms with Crippen molar-refractivity contribution in [3.8, 4) is 11.4 Å². The minimum Gasteiger partial charge on any atom is -0.458 e. The first-order chi connectivity index (χ1) is 34.8. The molecule has 1 aliphatic carbocycles. The number of esters is 1. The molecule has 3 aliphatic heterocycles. The van der Waals surface area contributed by atoms with Crippen LogP contribution < -0.4 is 32.1 Å². The van der Waals surface area contributed by atoms with Crippen LogP contribution in [-0.4, -0.2) is 92.1 Å². The van der Waals surface area contributed by atoms with Crippen LogP contribution in [0.25, 0.3) is 22.3 Å². The van der Waals surface area contributed by atoms with Crippen LogP contribution in [-0.2, 0) is 76.6 Å². The molecule has 1 fully saturated rings. The van der Waals surface area contributed by atoms with Crippen LogP contribution in [0.15, 0.2) is 35.1 Å². The van der Waals surface area contributed by atoms with Crippen molar-refractivity contribution in [2.75, 3.05) is 18.9 Å². The molecule has 19 nitrogen and oxygen atoms in total. The van der Waals surface area contributed by atoms with Gasteiger partial charge in [0.2, 0.25) is 29.5 Å². The highest BCUT2D eigenvalue weighted by Crippen LogP contribution is 2.46. The average molecular weight is 1030 g/mol. The molecule has 6 amide bonds. The van der Waals surface area contributed by atoms with Gasteiger partial charge in [-0.2, -0.15) is 12.6 Å². The number of cyclic esters (lactones) is 1. The van der Waals surface area contributed by atoms with Crippen molar-refractivity contribution >= 4 is 70.8 Å². The highest BCUT2D eigenvalue weighted by molar-refractivity contribution is 7.81. The number of ether oxygens (including phenoxy) is 2. The van der Waals surface area contributed by atoms with Gasteiger partial charge in [-0.25, -0.2) is 19.0 Å². The van der Waals surface area contributed by atoms with Gasteiger partial charge < -0.3 is 45.7 Å². The van der Waals surface area contributed by atoms with E-state index in [-0.39, 0.29) is 80.3 Å². The predicted octanol–water partition coefficient (Wildman–Crippen LogP) is 4.36. The first-order valence-electron chi connectivity index (χ1n) is 24.7. The number of hydrogen-bond acceptors (Lipinski definition) is 14. The highest BCUT2D eigenvalue weighted by atomic mass is 32.1. The average Bonchev–Trinajstić information content (AvgIpc) is 3.84. The highest BCUT2D eigenvalue weighted by Gasteiger charge is 2.46. The molecule has 2 aromatic heterocycles. The largest absolute Gasteiger partial charge is 0.458 e. The number of benzene rings is 2. The summed E-state index contributed by atoms with van der Waals surface area (Å²) in [5, 5.41) is 25.9. The molecular formula is C52H61FN8O11S. The molecule has 4 aromatic rings. The second-order valence-electron chi connectivity index (χ2n) is 19.6. The first-order valence-corrected chi connectivity index (χ1v) is 25.2. The lowest BCUT2D eigenvalue weighted by atomic mass is 9.81. The maximum Gasteiger partial charge on any atom is 0.407 e. The number of imide groups is 1. The van der Waals surface area contributed by atoms with Crippen molar-refractivity contribution in [2.45, 2.75) is 141 Å². The molecule has 2 aromatic carbocycles. The minimum absolute atomic E-state index is 0.0331. The van der Waals surface area contributed by atoms with Gasteiger partial charge in [0.15, 0.2) is 5.60 Å². The van der Waals surface area contributed by atoms with E-state index < -0.39 is 64.2 Å². The number of carbonyl (C=O) groups is 7. The standard InChI is InChI=1S/C52H61FN8O11S/c1-7-52(70)34-18-38-45-32(22-61(38)48(66)33(34)24-71-50(52)68)43-36(15-14-31-26(4)35(53)19-37(57-45)42(31)43)58-51(69)72-23-28-12-13-30(17-29(28)21-54-6)56-46(64)27(5)55-47(65)44(25(2)3)59-40(62)11-9-8-10-16-60-41(63)20-39(73)49(60)67/h12-13,17-19,25,27,36,39,44,54,70,73H,7-11,14-16,20-24H2,1-6H3,(H,55,65)(H,56,64)(H,58,69)(H,59,62)/t27-,36-,39?,44-,52-/m0/s1. The SMILES string of the molecule is CC[C@@]1(O)C(=O)OCc2c1cc1n(c2=O)Cc2c-1nc1cc(F)c(C)c3c1c2[C@@H](NC(=O)OCc1ccc(NC(=O)[C@H](C)NC(=O)[C@@H](NC(=O)CCCCCN2C(=O)CC(S)C2=O)C(C)C)cc1CNC)CC3. The number of nitrogens with zero attached hydrogens (tertiary/aromatic N) is 3. The molecule has 73 heavy (non-hydrogen) atoms. The van der Waals surface area contributed by atoms with Gasteiger partial charge in [-0.3, -0.25) is 33.7 Å². The van der Waals surface area contributed by atoms with Crippen molar-refractivity contribution in [3.63, 3.8) is 0 Å². The van der Waals surface area contributed by atoms with E-state index >= 15 is 4.39 Å². The van der Waals surface area contributed by atoms with Crippen molar-refractivity contribution in [3.05, 3.63) is 91.0 Å². The molecule has 388 valence electrons. The number of nitrogens with one attached hydrogen (secondary N) is 5. The van der Waals surface area contributed by atoms with Crippen molar-refractivity contribution in [2.24, 2.45) is 5.92 Å². The maximum absolute atomic E-state index is 15.4. The quantitative estimate of drug-likeness (QED) is 0.0279. The molecule has 0 spiro atoms. The van der Waals surface area contributed by atoms with E-state index in [1.54, 1.807) is 59.0 Å². The molecule has 21 heteroatoms. The number of hydrogen-bond donors (Lipinski definition) is 7. The Morgan fingerprint density at radius 3 is 2.47 bits per heavy atom. The van der Waals surface area contributed by atoms with Crippen molar-refractivity contribution < 1.29 is 52.5 Å². The van der Waals surface area contributed by atoms with E-state index in [1.165, 1.54) is 22.5 Å². The number of alkyl carbamates (subject to hydrolysis) is 1. The number of aromatic nitrogens is 2. The van der Waals surface area contributed by atoms with Gasteiger partial charge in [0.1, 0.15) is 31.1 Å². The Kier molecular flexibility index (Phi) is 15.4. The van der Waals surface area contributed by atoms with Crippen LogP contribution >= 0.6 is 12.6 Å².